The van der Waals surface area contributed by atoms with E-state index in [1.165, 1.54) is 11.1 Å². The third kappa shape index (κ3) is 4.32. The Hall–Kier alpha value is -2.27. The molecule has 5 heteroatoms. The average molecular weight is 444 g/mol. The van der Waals surface area contributed by atoms with Crippen molar-refractivity contribution >= 4 is 19.3 Å². The lowest BCUT2D eigenvalue weighted by atomic mass is 9.71. The van der Waals surface area contributed by atoms with Gasteiger partial charge in [-0.15, -0.1) is 0 Å². The molecular weight excluding hydrogens is 411 g/mol. The predicted molar refractivity (Wildman–Crippen MR) is 129 cm³/mol. The molecule has 0 aromatic heterocycles. The second-order valence-corrected chi connectivity index (χ2v) is 10.3. The van der Waals surface area contributed by atoms with E-state index in [1.807, 2.05) is 24.3 Å². The number of esters is 1. The molecule has 1 aliphatic heterocycles. The summed E-state index contributed by atoms with van der Waals surface area (Å²) < 4.78 is 12.3. The zero-order valence-electron chi connectivity index (χ0n) is 19.7. The van der Waals surface area contributed by atoms with Gasteiger partial charge in [0.1, 0.15) is 26.3 Å². The van der Waals surface area contributed by atoms with Crippen molar-refractivity contribution in [1.82, 2.24) is 0 Å². The van der Waals surface area contributed by atoms with Crippen LogP contribution in [0.25, 0.3) is 0 Å². The van der Waals surface area contributed by atoms with Crippen LogP contribution >= 0.6 is 0 Å². The second-order valence-electron chi connectivity index (χ2n) is 10.3. The third-order valence-electron chi connectivity index (χ3n) is 8.23. The van der Waals surface area contributed by atoms with Crippen LogP contribution in [-0.2, 0) is 22.6 Å². The Kier molecular flexibility index (Phi) is 6.26. The summed E-state index contributed by atoms with van der Waals surface area (Å²) in [5, 5.41) is 9.84. The number of benzene rings is 2. The van der Waals surface area contributed by atoms with Crippen molar-refractivity contribution in [3.63, 3.8) is 0 Å². The maximum absolute atomic E-state index is 13.0. The molecule has 2 aromatic rings. The molecule has 3 aliphatic rings. The van der Waals surface area contributed by atoms with Gasteiger partial charge in [-0.1, -0.05) is 29.7 Å². The van der Waals surface area contributed by atoms with Crippen molar-refractivity contribution < 1.29 is 19.4 Å². The van der Waals surface area contributed by atoms with Crippen molar-refractivity contribution in [2.24, 2.45) is 17.8 Å². The van der Waals surface area contributed by atoms with Gasteiger partial charge >= 0.3 is 5.97 Å². The Morgan fingerprint density at radius 1 is 1.12 bits per heavy atom. The lowest BCUT2D eigenvalue weighted by Gasteiger charge is -2.33. The summed E-state index contributed by atoms with van der Waals surface area (Å²) in [5.74, 6) is 1.52. The Morgan fingerprint density at radius 3 is 2.64 bits per heavy atom. The monoisotopic (exact) mass is 444 g/mol. The van der Waals surface area contributed by atoms with Gasteiger partial charge < -0.3 is 14.6 Å². The van der Waals surface area contributed by atoms with Gasteiger partial charge in [0.2, 0.25) is 0 Å². The summed E-state index contributed by atoms with van der Waals surface area (Å²) in [6.07, 6.45) is 6.25. The Morgan fingerprint density at radius 2 is 1.88 bits per heavy atom. The number of carbonyl (C=O) groups excluding carboxylic acids is 1. The normalized spacial score (nSPS) is 28.7. The van der Waals surface area contributed by atoms with Crippen LogP contribution in [0.2, 0.25) is 0 Å². The molecule has 1 N–H and O–H groups in total. The molecule has 172 valence electrons. The molecule has 2 aromatic carbocycles. The minimum atomic E-state index is -0.176. The molecule has 1 heterocycles. The predicted octanol–water partition coefficient (Wildman–Crippen LogP) is 4.39. The van der Waals surface area contributed by atoms with E-state index in [0.717, 1.165) is 72.8 Å². The van der Waals surface area contributed by atoms with Gasteiger partial charge in [-0.05, 0) is 93.0 Å². The van der Waals surface area contributed by atoms with Crippen LogP contribution in [0.5, 0.6) is 5.75 Å². The molecule has 2 fully saturated rings. The van der Waals surface area contributed by atoms with E-state index in [9.17, 15) is 9.90 Å². The summed E-state index contributed by atoms with van der Waals surface area (Å²) in [5.41, 5.74) is 6.45. The maximum atomic E-state index is 13.0. The topological polar surface area (TPSA) is 55.8 Å². The molecule has 5 rings (SSSR count). The van der Waals surface area contributed by atoms with E-state index in [0.29, 0.717) is 12.5 Å². The number of aliphatic hydroxyl groups is 1. The fraction of sp³-hybridized carbons (Fsp3) is 0.536. The SMILES string of the molecule is [B]c1ccccc1COc1cc(C)c2c(c1C)[C@@H]1OC(=O)C(CC3CCC(O)CC3)[C@@H]1CC2. The molecule has 2 aliphatic carbocycles. The van der Waals surface area contributed by atoms with Crippen LogP contribution in [0.3, 0.4) is 0 Å². The van der Waals surface area contributed by atoms with Crippen molar-refractivity contribution in [2.45, 2.75) is 77.6 Å². The van der Waals surface area contributed by atoms with Crippen molar-refractivity contribution in [3.8, 4) is 5.75 Å². The Balaban J connectivity index is 1.38. The number of aliphatic hydroxyl groups excluding tert-OH is 1. The van der Waals surface area contributed by atoms with Gasteiger partial charge in [0.25, 0.3) is 0 Å². The number of hydrogen-bond acceptors (Lipinski definition) is 4. The van der Waals surface area contributed by atoms with E-state index in [2.05, 4.69) is 19.9 Å². The molecule has 2 radical (unpaired) electrons. The first kappa shape index (κ1) is 22.5. The minimum absolute atomic E-state index is 0.0307. The zero-order valence-corrected chi connectivity index (χ0v) is 19.7. The van der Waals surface area contributed by atoms with E-state index in [4.69, 9.17) is 17.3 Å². The fourth-order valence-corrected chi connectivity index (χ4v) is 6.28. The highest BCUT2D eigenvalue weighted by atomic mass is 16.6. The van der Waals surface area contributed by atoms with Gasteiger partial charge in [-0.2, -0.15) is 0 Å². The molecule has 33 heavy (non-hydrogen) atoms. The van der Waals surface area contributed by atoms with Crippen LogP contribution in [0, 0.1) is 31.6 Å². The van der Waals surface area contributed by atoms with Gasteiger partial charge in [0.05, 0.1) is 12.0 Å². The number of ether oxygens (including phenoxy) is 2. The van der Waals surface area contributed by atoms with Crippen molar-refractivity contribution in [3.05, 3.63) is 58.1 Å². The Bertz CT molecular complexity index is 1040. The van der Waals surface area contributed by atoms with Gasteiger partial charge in [0.15, 0.2) is 0 Å². The smallest absolute Gasteiger partial charge is 0.310 e. The molecule has 0 bridgehead atoms. The maximum Gasteiger partial charge on any atom is 0.310 e. The van der Waals surface area contributed by atoms with Gasteiger partial charge in [0, 0.05) is 11.5 Å². The third-order valence-corrected chi connectivity index (χ3v) is 8.23. The minimum Gasteiger partial charge on any atom is -0.489 e. The number of aryl methyl sites for hydroxylation is 1. The van der Waals surface area contributed by atoms with Crippen LogP contribution in [-0.4, -0.2) is 25.0 Å². The highest BCUT2D eigenvalue weighted by Crippen LogP contribution is 2.52. The van der Waals surface area contributed by atoms with Gasteiger partial charge in [-0.3, -0.25) is 4.79 Å². The standard InChI is InChI=1S/C28H33BO4/c1-16-13-25(32-15-19-5-3-4-6-24(19)29)17(2)26-21(16)11-12-22-23(28(31)33-27(22)26)14-18-7-9-20(30)10-8-18/h3-6,13,18,20,22-23,27,30H,7-12,14-15H2,1-2H3/t18?,20?,22-,23?,27+/m0/s1. The quantitative estimate of drug-likeness (QED) is 0.549. The lowest BCUT2D eigenvalue weighted by Crippen LogP contribution is -2.27. The number of fused-ring (bicyclic) bond motifs is 3. The second kappa shape index (κ2) is 9.17. The Labute approximate surface area is 198 Å². The number of rotatable bonds is 5. The van der Waals surface area contributed by atoms with Crippen LogP contribution in [0.1, 0.15) is 72.4 Å². The molecule has 3 atom stereocenters. The van der Waals surface area contributed by atoms with Crippen LogP contribution < -0.4 is 10.2 Å². The van der Waals surface area contributed by atoms with Gasteiger partial charge in [-0.25, -0.2) is 0 Å². The lowest BCUT2D eigenvalue weighted by molar-refractivity contribution is -0.145. The number of hydrogen-bond donors (Lipinski definition) is 1. The van der Waals surface area contributed by atoms with Crippen molar-refractivity contribution in [1.29, 1.82) is 0 Å². The highest BCUT2D eigenvalue weighted by Gasteiger charge is 2.49. The van der Waals surface area contributed by atoms with E-state index in [1.54, 1.807) is 0 Å². The first-order valence-electron chi connectivity index (χ1n) is 12.4. The molecule has 1 saturated heterocycles. The number of carbonyl (C=O) groups is 1. The van der Waals surface area contributed by atoms with Crippen LogP contribution in [0.4, 0.5) is 0 Å². The summed E-state index contributed by atoms with van der Waals surface area (Å²) in [6.45, 7) is 4.63. The molecular formula is C28H33BO4. The summed E-state index contributed by atoms with van der Waals surface area (Å²) in [4.78, 5) is 13.0. The fourth-order valence-electron chi connectivity index (χ4n) is 6.28. The molecule has 4 nitrogen and oxygen atoms in total. The molecule has 1 unspecified atom stereocenters. The summed E-state index contributed by atoms with van der Waals surface area (Å²) >= 11 is 0. The van der Waals surface area contributed by atoms with E-state index in [-0.39, 0.29) is 30.0 Å². The summed E-state index contributed by atoms with van der Waals surface area (Å²) in [7, 11) is 6.10. The zero-order chi connectivity index (χ0) is 23.1. The first-order chi connectivity index (χ1) is 15.9. The van der Waals surface area contributed by atoms with E-state index >= 15 is 0 Å². The molecule has 0 amide bonds. The highest BCUT2D eigenvalue weighted by molar-refractivity contribution is 6.33. The largest absolute Gasteiger partial charge is 0.489 e. The van der Waals surface area contributed by atoms with E-state index < -0.39 is 0 Å². The first-order valence-corrected chi connectivity index (χ1v) is 12.4. The average Bonchev–Trinajstić information content (AvgIpc) is 3.12. The molecule has 1 saturated carbocycles. The van der Waals surface area contributed by atoms with Crippen LogP contribution in [0.15, 0.2) is 30.3 Å². The van der Waals surface area contributed by atoms with Crippen molar-refractivity contribution in [2.75, 3.05) is 0 Å². The molecule has 0 spiro atoms. The summed E-state index contributed by atoms with van der Waals surface area (Å²) in [6, 6.07) is 9.89.